The molecule has 0 atom stereocenters. The SMILES string of the molecule is CN1CCN(C(=O)c2ccncc2NN)CC1. The van der Waals surface area contributed by atoms with Crippen LogP contribution in [0.15, 0.2) is 18.5 Å². The number of rotatable bonds is 2. The van der Waals surface area contributed by atoms with Crippen LogP contribution in [0.25, 0.3) is 0 Å². The maximum atomic E-state index is 12.3. The third kappa shape index (κ3) is 2.54. The maximum Gasteiger partial charge on any atom is 0.256 e. The molecule has 0 bridgehead atoms. The Labute approximate surface area is 100 Å². The second kappa shape index (κ2) is 5.11. The van der Waals surface area contributed by atoms with Gasteiger partial charge < -0.3 is 15.2 Å². The van der Waals surface area contributed by atoms with E-state index in [1.807, 2.05) is 4.90 Å². The van der Waals surface area contributed by atoms with Crippen LogP contribution < -0.4 is 11.3 Å². The molecule has 1 fully saturated rings. The topological polar surface area (TPSA) is 74.5 Å². The molecule has 6 heteroatoms. The molecule has 0 radical (unpaired) electrons. The van der Waals surface area contributed by atoms with Gasteiger partial charge in [-0.3, -0.25) is 15.6 Å². The Hall–Kier alpha value is -1.66. The minimum absolute atomic E-state index is 0.00782. The van der Waals surface area contributed by atoms with E-state index in [9.17, 15) is 4.79 Å². The van der Waals surface area contributed by atoms with Gasteiger partial charge in [0.1, 0.15) is 0 Å². The van der Waals surface area contributed by atoms with Gasteiger partial charge in [0.2, 0.25) is 0 Å². The number of hydrazine groups is 1. The molecule has 1 amide bonds. The van der Waals surface area contributed by atoms with E-state index < -0.39 is 0 Å². The zero-order chi connectivity index (χ0) is 12.3. The molecule has 0 aromatic carbocycles. The fourth-order valence-corrected chi connectivity index (χ4v) is 1.88. The van der Waals surface area contributed by atoms with Gasteiger partial charge in [-0.2, -0.15) is 0 Å². The fraction of sp³-hybridized carbons (Fsp3) is 0.455. The first-order chi connectivity index (χ1) is 8.22. The van der Waals surface area contributed by atoms with Crippen molar-refractivity contribution in [1.29, 1.82) is 0 Å². The van der Waals surface area contributed by atoms with E-state index in [4.69, 9.17) is 5.84 Å². The number of hydrogen-bond acceptors (Lipinski definition) is 5. The zero-order valence-electron chi connectivity index (χ0n) is 9.89. The molecular weight excluding hydrogens is 218 g/mol. The standard InChI is InChI=1S/C11H17N5O/c1-15-4-6-16(7-5-15)11(17)9-2-3-13-8-10(9)14-12/h2-3,8,14H,4-7,12H2,1H3. The number of hydrogen-bond donors (Lipinski definition) is 2. The number of amides is 1. The lowest BCUT2D eigenvalue weighted by Gasteiger charge is -2.32. The lowest BCUT2D eigenvalue weighted by atomic mass is 10.2. The summed E-state index contributed by atoms with van der Waals surface area (Å²) in [5.74, 6) is 5.38. The summed E-state index contributed by atoms with van der Waals surface area (Å²) in [5, 5.41) is 0. The van der Waals surface area contributed by atoms with Gasteiger partial charge in [-0.05, 0) is 13.1 Å². The number of pyridine rings is 1. The molecule has 0 spiro atoms. The average Bonchev–Trinajstić information content (AvgIpc) is 2.39. The first kappa shape index (κ1) is 11.8. The summed E-state index contributed by atoms with van der Waals surface area (Å²) in [6.07, 6.45) is 3.16. The van der Waals surface area contributed by atoms with Crippen molar-refractivity contribution < 1.29 is 4.79 Å². The number of carbonyl (C=O) groups is 1. The van der Waals surface area contributed by atoms with Gasteiger partial charge in [-0.25, -0.2) is 0 Å². The summed E-state index contributed by atoms with van der Waals surface area (Å²) in [7, 11) is 2.06. The van der Waals surface area contributed by atoms with Crippen molar-refractivity contribution in [2.24, 2.45) is 5.84 Å². The van der Waals surface area contributed by atoms with Crippen molar-refractivity contribution in [2.75, 3.05) is 38.7 Å². The molecule has 2 heterocycles. The first-order valence-electron chi connectivity index (χ1n) is 5.61. The molecule has 6 nitrogen and oxygen atoms in total. The van der Waals surface area contributed by atoms with Crippen molar-refractivity contribution in [3.63, 3.8) is 0 Å². The molecule has 1 aliphatic rings. The lowest BCUT2D eigenvalue weighted by Crippen LogP contribution is -2.47. The zero-order valence-corrected chi connectivity index (χ0v) is 9.89. The number of anilines is 1. The highest BCUT2D eigenvalue weighted by Crippen LogP contribution is 2.15. The van der Waals surface area contributed by atoms with Gasteiger partial charge in [-0.1, -0.05) is 0 Å². The number of nitrogen functional groups attached to an aromatic ring is 1. The smallest absolute Gasteiger partial charge is 0.256 e. The molecule has 0 saturated carbocycles. The van der Waals surface area contributed by atoms with Crippen LogP contribution in [0.1, 0.15) is 10.4 Å². The van der Waals surface area contributed by atoms with E-state index >= 15 is 0 Å². The van der Waals surface area contributed by atoms with E-state index in [1.165, 1.54) is 0 Å². The van der Waals surface area contributed by atoms with Crippen LogP contribution in [0, 0.1) is 0 Å². The number of piperazine rings is 1. The maximum absolute atomic E-state index is 12.3. The molecule has 2 rings (SSSR count). The third-order valence-electron chi connectivity index (χ3n) is 3.00. The average molecular weight is 235 g/mol. The largest absolute Gasteiger partial charge is 0.336 e. The number of nitrogens with one attached hydrogen (secondary N) is 1. The van der Waals surface area contributed by atoms with E-state index in [0.717, 1.165) is 26.2 Å². The Kier molecular flexibility index (Phi) is 3.55. The molecule has 0 aliphatic carbocycles. The third-order valence-corrected chi connectivity index (χ3v) is 3.00. The van der Waals surface area contributed by atoms with Gasteiger partial charge in [0.15, 0.2) is 0 Å². The fourth-order valence-electron chi connectivity index (χ4n) is 1.88. The molecule has 17 heavy (non-hydrogen) atoms. The monoisotopic (exact) mass is 235 g/mol. The van der Waals surface area contributed by atoms with Crippen molar-refractivity contribution >= 4 is 11.6 Å². The van der Waals surface area contributed by atoms with E-state index in [2.05, 4.69) is 22.4 Å². The Morgan fingerprint density at radius 3 is 2.76 bits per heavy atom. The minimum atomic E-state index is 0.00782. The second-order valence-corrected chi connectivity index (χ2v) is 4.16. The molecule has 0 unspecified atom stereocenters. The molecule has 3 N–H and O–H groups in total. The number of carbonyl (C=O) groups excluding carboxylic acids is 1. The second-order valence-electron chi connectivity index (χ2n) is 4.16. The van der Waals surface area contributed by atoms with Gasteiger partial charge in [0.25, 0.3) is 5.91 Å². The summed E-state index contributed by atoms with van der Waals surface area (Å²) in [4.78, 5) is 20.3. The predicted octanol–water partition coefficient (Wildman–Crippen LogP) is -0.245. The molecule has 1 aromatic heterocycles. The van der Waals surface area contributed by atoms with Crippen LogP contribution in [0.3, 0.4) is 0 Å². The summed E-state index contributed by atoms with van der Waals surface area (Å²) in [5.41, 5.74) is 3.65. The summed E-state index contributed by atoms with van der Waals surface area (Å²) >= 11 is 0. The quantitative estimate of drug-likeness (QED) is 0.546. The highest BCUT2D eigenvalue weighted by atomic mass is 16.2. The number of nitrogens with zero attached hydrogens (tertiary/aromatic N) is 3. The Bertz CT molecular complexity index is 401. The van der Waals surface area contributed by atoms with E-state index in [0.29, 0.717) is 11.3 Å². The van der Waals surface area contributed by atoms with Crippen molar-refractivity contribution in [2.45, 2.75) is 0 Å². The molecule has 92 valence electrons. The predicted molar refractivity (Wildman–Crippen MR) is 65.4 cm³/mol. The minimum Gasteiger partial charge on any atom is -0.336 e. The van der Waals surface area contributed by atoms with Crippen molar-refractivity contribution in [3.05, 3.63) is 24.0 Å². The van der Waals surface area contributed by atoms with Crippen LogP contribution in [-0.2, 0) is 0 Å². The van der Waals surface area contributed by atoms with Gasteiger partial charge in [0.05, 0.1) is 17.4 Å². The number of aromatic nitrogens is 1. The van der Waals surface area contributed by atoms with Gasteiger partial charge in [0, 0.05) is 32.4 Å². The van der Waals surface area contributed by atoms with Crippen LogP contribution in [0.4, 0.5) is 5.69 Å². The van der Waals surface area contributed by atoms with Crippen LogP contribution >= 0.6 is 0 Å². The van der Waals surface area contributed by atoms with Crippen LogP contribution in [0.2, 0.25) is 0 Å². The molecule has 1 aliphatic heterocycles. The lowest BCUT2D eigenvalue weighted by molar-refractivity contribution is 0.0665. The summed E-state index contributed by atoms with van der Waals surface area (Å²) in [6.45, 7) is 3.31. The molecule has 1 aromatic rings. The molecular formula is C11H17N5O. The van der Waals surface area contributed by atoms with Crippen LogP contribution in [0.5, 0.6) is 0 Å². The first-order valence-corrected chi connectivity index (χ1v) is 5.61. The van der Waals surface area contributed by atoms with Crippen molar-refractivity contribution in [3.8, 4) is 0 Å². The summed E-state index contributed by atoms with van der Waals surface area (Å²) < 4.78 is 0. The highest BCUT2D eigenvalue weighted by Gasteiger charge is 2.22. The number of nitrogens with two attached hydrogens (primary N) is 1. The normalized spacial score (nSPS) is 16.9. The van der Waals surface area contributed by atoms with Crippen LogP contribution in [-0.4, -0.2) is 53.9 Å². The summed E-state index contributed by atoms with van der Waals surface area (Å²) in [6, 6.07) is 1.69. The van der Waals surface area contributed by atoms with Gasteiger partial charge in [-0.15, -0.1) is 0 Å². The molecule has 1 saturated heterocycles. The Morgan fingerprint density at radius 1 is 1.41 bits per heavy atom. The number of likely N-dealkylation sites (N-methyl/N-ethyl adjacent to an activating group) is 1. The van der Waals surface area contributed by atoms with Crippen molar-refractivity contribution in [1.82, 2.24) is 14.8 Å². The van der Waals surface area contributed by atoms with E-state index in [-0.39, 0.29) is 5.91 Å². The Balaban J connectivity index is 2.14. The van der Waals surface area contributed by atoms with Gasteiger partial charge >= 0.3 is 0 Å². The van der Waals surface area contributed by atoms with E-state index in [1.54, 1.807) is 18.5 Å². The Morgan fingerprint density at radius 2 is 2.12 bits per heavy atom. The highest BCUT2D eigenvalue weighted by molar-refractivity contribution is 5.99.